The number of carboxylic acids is 1. The standard InChI is InChI=1S/C10H13NO3/c1-10(2,14)8-5-7(3-4-11-8)6-9(12)13/h3-5,14H,6H2,1-2H3,(H,12,13). The number of rotatable bonds is 3. The van der Waals surface area contributed by atoms with Crippen LogP contribution in [0.4, 0.5) is 0 Å². The van der Waals surface area contributed by atoms with Gasteiger partial charge in [-0.3, -0.25) is 9.78 Å². The first-order valence-electron chi connectivity index (χ1n) is 4.29. The van der Waals surface area contributed by atoms with Crippen LogP contribution in [-0.4, -0.2) is 21.2 Å². The average Bonchev–Trinajstić information content (AvgIpc) is 2.01. The Kier molecular flexibility index (Phi) is 2.86. The topological polar surface area (TPSA) is 70.4 Å². The Morgan fingerprint density at radius 2 is 2.21 bits per heavy atom. The Morgan fingerprint density at radius 3 is 2.71 bits per heavy atom. The van der Waals surface area contributed by atoms with Gasteiger partial charge in [0.2, 0.25) is 0 Å². The molecule has 1 aromatic rings. The molecule has 0 aromatic carbocycles. The van der Waals surface area contributed by atoms with Crippen LogP contribution in [0, 0.1) is 0 Å². The van der Waals surface area contributed by atoms with Crippen LogP contribution in [0.5, 0.6) is 0 Å². The molecule has 0 spiro atoms. The van der Waals surface area contributed by atoms with Gasteiger partial charge in [-0.05, 0) is 31.5 Å². The number of carbonyl (C=O) groups is 1. The molecule has 0 aliphatic carbocycles. The van der Waals surface area contributed by atoms with E-state index in [4.69, 9.17) is 5.11 Å². The van der Waals surface area contributed by atoms with E-state index in [1.54, 1.807) is 26.0 Å². The number of aliphatic hydroxyl groups is 1. The van der Waals surface area contributed by atoms with Gasteiger partial charge in [-0.25, -0.2) is 0 Å². The summed E-state index contributed by atoms with van der Waals surface area (Å²) in [4.78, 5) is 14.4. The molecule has 1 aromatic heterocycles. The summed E-state index contributed by atoms with van der Waals surface area (Å²) in [6.45, 7) is 3.22. The third-order valence-corrected chi connectivity index (χ3v) is 1.81. The van der Waals surface area contributed by atoms with Gasteiger partial charge in [-0.15, -0.1) is 0 Å². The maximum atomic E-state index is 10.4. The molecule has 4 nitrogen and oxygen atoms in total. The van der Waals surface area contributed by atoms with Gasteiger partial charge in [0, 0.05) is 6.20 Å². The lowest BCUT2D eigenvalue weighted by molar-refractivity contribution is -0.136. The van der Waals surface area contributed by atoms with Crippen LogP contribution in [-0.2, 0) is 16.8 Å². The maximum Gasteiger partial charge on any atom is 0.307 e. The molecule has 0 aliphatic rings. The van der Waals surface area contributed by atoms with Crippen molar-refractivity contribution in [1.29, 1.82) is 0 Å². The van der Waals surface area contributed by atoms with Gasteiger partial charge in [-0.2, -0.15) is 0 Å². The predicted octanol–water partition coefficient (Wildman–Crippen LogP) is 0.936. The minimum atomic E-state index is -1.03. The first-order valence-corrected chi connectivity index (χ1v) is 4.29. The van der Waals surface area contributed by atoms with Crippen molar-refractivity contribution >= 4 is 5.97 Å². The van der Waals surface area contributed by atoms with E-state index >= 15 is 0 Å². The third kappa shape index (κ3) is 2.81. The van der Waals surface area contributed by atoms with E-state index in [1.165, 1.54) is 6.20 Å². The summed E-state index contributed by atoms with van der Waals surface area (Å²) >= 11 is 0. The van der Waals surface area contributed by atoms with Gasteiger partial charge in [-0.1, -0.05) is 0 Å². The molecule has 76 valence electrons. The van der Waals surface area contributed by atoms with Crippen LogP contribution in [0.3, 0.4) is 0 Å². The summed E-state index contributed by atoms with van der Waals surface area (Å²) in [5.74, 6) is -0.891. The monoisotopic (exact) mass is 195 g/mol. The van der Waals surface area contributed by atoms with E-state index in [2.05, 4.69) is 4.98 Å². The van der Waals surface area contributed by atoms with Crippen molar-refractivity contribution in [3.05, 3.63) is 29.6 Å². The smallest absolute Gasteiger partial charge is 0.307 e. The molecule has 0 unspecified atom stereocenters. The van der Waals surface area contributed by atoms with Gasteiger partial charge in [0.25, 0.3) is 0 Å². The molecule has 1 heterocycles. The Bertz CT molecular complexity index is 341. The second kappa shape index (κ2) is 3.75. The highest BCUT2D eigenvalue weighted by atomic mass is 16.4. The summed E-state index contributed by atoms with van der Waals surface area (Å²) < 4.78 is 0. The predicted molar refractivity (Wildman–Crippen MR) is 50.8 cm³/mol. The van der Waals surface area contributed by atoms with E-state index in [-0.39, 0.29) is 6.42 Å². The molecule has 4 heteroatoms. The van der Waals surface area contributed by atoms with E-state index in [0.717, 1.165) is 0 Å². The molecule has 2 N–H and O–H groups in total. The van der Waals surface area contributed by atoms with Crippen molar-refractivity contribution in [3.8, 4) is 0 Å². The van der Waals surface area contributed by atoms with Crippen molar-refractivity contribution < 1.29 is 15.0 Å². The lowest BCUT2D eigenvalue weighted by Crippen LogP contribution is -2.17. The summed E-state index contributed by atoms with van der Waals surface area (Å²) in [6, 6.07) is 3.23. The lowest BCUT2D eigenvalue weighted by atomic mass is 10.0. The van der Waals surface area contributed by atoms with Crippen molar-refractivity contribution in [2.24, 2.45) is 0 Å². The first kappa shape index (κ1) is 10.7. The lowest BCUT2D eigenvalue weighted by Gasteiger charge is -2.16. The number of aromatic nitrogens is 1. The van der Waals surface area contributed by atoms with Crippen LogP contribution in [0.15, 0.2) is 18.3 Å². The Labute approximate surface area is 82.2 Å². The zero-order valence-electron chi connectivity index (χ0n) is 8.19. The Morgan fingerprint density at radius 1 is 1.57 bits per heavy atom. The number of hydrogen-bond acceptors (Lipinski definition) is 3. The average molecular weight is 195 g/mol. The van der Waals surface area contributed by atoms with E-state index in [0.29, 0.717) is 11.3 Å². The van der Waals surface area contributed by atoms with Crippen molar-refractivity contribution in [3.63, 3.8) is 0 Å². The molecule has 0 atom stereocenters. The Balaban J connectivity index is 2.95. The molecule has 0 saturated carbocycles. The van der Waals surface area contributed by atoms with E-state index in [1.807, 2.05) is 0 Å². The second-order valence-corrected chi connectivity index (χ2v) is 3.68. The normalized spacial score (nSPS) is 11.4. The zero-order valence-corrected chi connectivity index (χ0v) is 8.19. The van der Waals surface area contributed by atoms with E-state index in [9.17, 15) is 9.90 Å². The fraction of sp³-hybridized carbons (Fsp3) is 0.400. The molecular weight excluding hydrogens is 182 g/mol. The molecule has 1 rings (SSSR count). The Hall–Kier alpha value is -1.42. The van der Waals surface area contributed by atoms with Gasteiger partial charge >= 0.3 is 5.97 Å². The summed E-state index contributed by atoms with van der Waals surface area (Å²) in [5, 5.41) is 18.2. The molecule has 0 fully saturated rings. The van der Waals surface area contributed by atoms with Crippen LogP contribution >= 0.6 is 0 Å². The zero-order chi connectivity index (χ0) is 10.8. The molecule has 14 heavy (non-hydrogen) atoms. The molecule has 0 aliphatic heterocycles. The molecular formula is C10H13NO3. The molecule has 0 saturated heterocycles. The van der Waals surface area contributed by atoms with Gasteiger partial charge in [0.15, 0.2) is 0 Å². The van der Waals surface area contributed by atoms with E-state index < -0.39 is 11.6 Å². The van der Waals surface area contributed by atoms with Crippen LogP contribution in [0.1, 0.15) is 25.1 Å². The number of pyridine rings is 1. The van der Waals surface area contributed by atoms with Gasteiger partial charge in [0.1, 0.15) is 5.60 Å². The molecule has 0 bridgehead atoms. The van der Waals surface area contributed by atoms with Crippen LogP contribution in [0.25, 0.3) is 0 Å². The molecule has 0 amide bonds. The van der Waals surface area contributed by atoms with Crippen molar-refractivity contribution in [1.82, 2.24) is 4.98 Å². The molecule has 0 radical (unpaired) electrons. The maximum absolute atomic E-state index is 10.4. The minimum absolute atomic E-state index is 0.0500. The van der Waals surface area contributed by atoms with Gasteiger partial charge in [0.05, 0.1) is 12.1 Å². The highest BCUT2D eigenvalue weighted by molar-refractivity contribution is 5.70. The minimum Gasteiger partial charge on any atom is -0.481 e. The second-order valence-electron chi connectivity index (χ2n) is 3.68. The van der Waals surface area contributed by atoms with Crippen molar-refractivity contribution in [2.45, 2.75) is 25.9 Å². The van der Waals surface area contributed by atoms with Crippen molar-refractivity contribution in [2.75, 3.05) is 0 Å². The summed E-state index contributed by atoms with van der Waals surface area (Å²) in [5.41, 5.74) is 0.0926. The van der Waals surface area contributed by atoms with Crippen LogP contribution < -0.4 is 0 Å². The number of carboxylic acid groups (broad SMARTS) is 1. The SMILES string of the molecule is CC(C)(O)c1cc(CC(=O)O)ccn1. The number of nitrogens with zero attached hydrogens (tertiary/aromatic N) is 1. The number of aliphatic carboxylic acids is 1. The third-order valence-electron chi connectivity index (χ3n) is 1.81. The largest absolute Gasteiger partial charge is 0.481 e. The highest BCUT2D eigenvalue weighted by Crippen LogP contribution is 2.17. The fourth-order valence-electron chi connectivity index (χ4n) is 1.09. The fourth-order valence-corrected chi connectivity index (χ4v) is 1.09. The quantitative estimate of drug-likeness (QED) is 0.752. The summed E-state index contributed by atoms with van der Waals surface area (Å²) in [6.07, 6.45) is 1.46. The summed E-state index contributed by atoms with van der Waals surface area (Å²) in [7, 11) is 0. The number of hydrogen-bond donors (Lipinski definition) is 2. The highest BCUT2D eigenvalue weighted by Gasteiger charge is 2.17. The first-order chi connectivity index (χ1) is 6.39. The van der Waals surface area contributed by atoms with Gasteiger partial charge < -0.3 is 10.2 Å². The van der Waals surface area contributed by atoms with Crippen LogP contribution in [0.2, 0.25) is 0 Å².